The number of benzene rings is 1. The number of hydrogen-bond acceptors (Lipinski definition) is 10. The summed E-state index contributed by atoms with van der Waals surface area (Å²) >= 11 is 0. The van der Waals surface area contributed by atoms with Crippen LogP contribution in [0.2, 0.25) is 0 Å². The lowest BCUT2D eigenvalue weighted by molar-refractivity contribution is -0.137. The largest absolute Gasteiger partial charge is 0.415 e. The number of aliphatic hydroxyl groups excluding tert-OH is 2. The number of nitrogen functional groups attached to an aromatic ring is 1. The molecule has 2 amide bonds. The average molecular weight is 576 g/mol. The number of carbonyl (C=O) groups excluding carboxylic acids is 2. The number of fused-ring (bicyclic) bond motifs is 1. The molecule has 13 nitrogen and oxygen atoms in total. The Morgan fingerprint density at radius 1 is 1.12 bits per heavy atom. The minimum absolute atomic E-state index is 0.0837. The first kappa shape index (κ1) is 27.9. The highest BCUT2D eigenvalue weighted by Gasteiger charge is 2.48. The number of aryl methyl sites for hydroxylation is 1. The lowest BCUT2D eigenvalue weighted by Crippen LogP contribution is -2.43. The van der Waals surface area contributed by atoms with Gasteiger partial charge in [-0.05, 0) is 56.6 Å². The smallest absolute Gasteiger partial charge is 0.410 e. The van der Waals surface area contributed by atoms with Crippen molar-refractivity contribution in [3.8, 4) is 17.6 Å². The fourth-order valence-corrected chi connectivity index (χ4v) is 5.16. The highest BCUT2D eigenvalue weighted by Crippen LogP contribution is 2.33. The molecule has 0 bridgehead atoms. The van der Waals surface area contributed by atoms with Crippen LogP contribution in [0, 0.1) is 24.7 Å². The Bertz CT molecular complexity index is 1540. The molecule has 2 unspecified atom stereocenters. The van der Waals surface area contributed by atoms with Gasteiger partial charge in [0.15, 0.2) is 23.8 Å². The van der Waals surface area contributed by atoms with Gasteiger partial charge in [0, 0.05) is 25.6 Å². The molecule has 1 aliphatic carbocycles. The molecule has 2 aromatic heterocycles. The second-order valence-electron chi connectivity index (χ2n) is 11.1. The lowest BCUT2D eigenvalue weighted by atomic mass is 9.94. The molecule has 2 saturated heterocycles. The summed E-state index contributed by atoms with van der Waals surface area (Å²) < 4.78 is 12.7. The quantitative estimate of drug-likeness (QED) is 0.324. The third-order valence-corrected chi connectivity index (χ3v) is 7.83. The molecule has 3 fully saturated rings. The average Bonchev–Trinajstić information content (AvgIpc) is 3.61. The van der Waals surface area contributed by atoms with E-state index in [-0.39, 0.29) is 29.4 Å². The van der Waals surface area contributed by atoms with Crippen LogP contribution < -0.4 is 15.8 Å². The maximum Gasteiger partial charge on any atom is 0.415 e. The van der Waals surface area contributed by atoms with Crippen LogP contribution in [0.1, 0.15) is 49.7 Å². The molecule has 0 spiro atoms. The first-order valence-corrected chi connectivity index (χ1v) is 14.1. The predicted octanol–water partition coefficient (Wildman–Crippen LogP) is 1.27. The van der Waals surface area contributed by atoms with Gasteiger partial charge in [0.25, 0.3) is 5.91 Å². The standard InChI is InChI=1S/C29H33N7O6/c1-16-5-9-19(10-6-16)41-29(40)35-13-11-17(12-14-35)3-2-4-20-33-25(30)21-26(34-20)36(15-31-21)28-23(38)22(37)24(42-28)27(39)32-18-7-8-18/h5-6,9-10,15,17-18,22-24,28,37-38H,3,7-8,11-14H2,1H3,(H,32,39)(H2,30,33,34)/t22?,23?,24-,28+/m0/s1. The topological polar surface area (TPSA) is 178 Å². The van der Waals surface area contributed by atoms with Crippen molar-refractivity contribution in [3.63, 3.8) is 0 Å². The highest BCUT2D eigenvalue weighted by atomic mass is 16.6. The first-order valence-electron chi connectivity index (χ1n) is 14.1. The zero-order chi connectivity index (χ0) is 29.4. The molecule has 6 rings (SSSR count). The Labute approximate surface area is 242 Å². The summed E-state index contributed by atoms with van der Waals surface area (Å²) in [5, 5.41) is 24.0. The monoisotopic (exact) mass is 575 g/mol. The number of aliphatic hydroxyl groups is 2. The first-order chi connectivity index (χ1) is 20.3. The Morgan fingerprint density at radius 3 is 2.57 bits per heavy atom. The number of anilines is 1. The number of ether oxygens (including phenoxy) is 2. The second-order valence-corrected chi connectivity index (χ2v) is 11.1. The van der Waals surface area contributed by atoms with E-state index in [2.05, 4.69) is 32.1 Å². The Balaban J connectivity index is 1.08. The third kappa shape index (κ3) is 5.87. The summed E-state index contributed by atoms with van der Waals surface area (Å²) in [5.74, 6) is 6.74. The predicted molar refractivity (Wildman–Crippen MR) is 150 cm³/mol. The molecule has 1 saturated carbocycles. The van der Waals surface area contributed by atoms with E-state index in [0.717, 1.165) is 31.2 Å². The molecule has 42 heavy (non-hydrogen) atoms. The van der Waals surface area contributed by atoms with Crippen LogP contribution >= 0.6 is 0 Å². The summed E-state index contributed by atoms with van der Waals surface area (Å²) in [6.45, 7) is 3.14. The highest BCUT2D eigenvalue weighted by molar-refractivity contribution is 5.83. The van der Waals surface area contributed by atoms with Gasteiger partial charge in [0.05, 0.1) is 6.33 Å². The van der Waals surface area contributed by atoms with Gasteiger partial charge in [0.2, 0.25) is 5.82 Å². The molecular weight excluding hydrogens is 542 g/mol. The molecule has 13 heteroatoms. The van der Waals surface area contributed by atoms with Gasteiger partial charge in [0.1, 0.15) is 23.5 Å². The second kappa shape index (κ2) is 11.6. The van der Waals surface area contributed by atoms with Gasteiger partial charge in [-0.15, -0.1) is 0 Å². The molecule has 1 aromatic carbocycles. The number of amides is 2. The third-order valence-electron chi connectivity index (χ3n) is 7.83. The minimum atomic E-state index is -1.42. The molecule has 2 aliphatic heterocycles. The van der Waals surface area contributed by atoms with Gasteiger partial charge in [-0.1, -0.05) is 23.6 Å². The Morgan fingerprint density at radius 2 is 1.86 bits per heavy atom. The van der Waals surface area contributed by atoms with Gasteiger partial charge in [-0.2, -0.15) is 0 Å². The van der Waals surface area contributed by atoms with Crippen molar-refractivity contribution < 1.29 is 29.3 Å². The zero-order valence-electron chi connectivity index (χ0n) is 23.1. The summed E-state index contributed by atoms with van der Waals surface area (Å²) in [6.07, 6.45) is -0.149. The van der Waals surface area contributed by atoms with Crippen molar-refractivity contribution in [2.24, 2.45) is 5.92 Å². The number of carbonyl (C=O) groups is 2. The molecular formula is C29H33N7O6. The van der Waals surface area contributed by atoms with E-state index in [4.69, 9.17) is 15.2 Å². The van der Waals surface area contributed by atoms with Gasteiger partial charge >= 0.3 is 6.09 Å². The summed E-state index contributed by atoms with van der Waals surface area (Å²) in [6, 6.07) is 7.45. The van der Waals surface area contributed by atoms with E-state index in [0.29, 0.717) is 36.7 Å². The number of aromatic nitrogens is 4. The molecule has 5 N–H and O–H groups in total. The number of nitrogens with one attached hydrogen (secondary N) is 1. The van der Waals surface area contributed by atoms with Crippen molar-refractivity contribution in [2.45, 2.75) is 69.6 Å². The number of nitrogens with zero attached hydrogens (tertiary/aromatic N) is 5. The molecule has 0 radical (unpaired) electrons. The molecule has 3 aromatic rings. The van der Waals surface area contributed by atoms with E-state index < -0.39 is 30.4 Å². The fraction of sp³-hybridized carbons (Fsp3) is 0.483. The summed E-state index contributed by atoms with van der Waals surface area (Å²) in [7, 11) is 0. The Kier molecular flexibility index (Phi) is 7.68. The summed E-state index contributed by atoms with van der Waals surface area (Å²) in [4.78, 5) is 39.7. The number of hydrogen-bond donors (Lipinski definition) is 4. The van der Waals surface area contributed by atoms with Crippen molar-refractivity contribution in [1.29, 1.82) is 0 Å². The molecule has 220 valence electrons. The van der Waals surface area contributed by atoms with Crippen LogP contribution in [0.3, 0.4) is 0 Å². The summed E-state index contributed by atoms with van der Waals surface area (Å²) in [5.41, 5.74) is 7.79. The molecule has 4 atom stereocenters. The van der Waals surface area contributed by atoms with E-state index in [1.54, 1.807) is 17.0 Å². The van der Waals surface area contributed by atoms with Gasteiger partial charge in [-0.25, -0.2) is 19.7 Å². The van der Waals surface area contributed by atoms with Crippen LogP contribution in [0.4, 0.5) is 10.6 Å². The van der Waals surface area contributed by atoms with Crippen molar-refractivity contribution in [1.82, 2.24) is 29.7 Å². The fourth-order valence-electron chi connectivity index (χ4n) is 5.16. The molecule has 4 heterocycles. The van der Waals surface area contributed by atoms with E-state index >= 15 is 0 Å². The van der Waals surface area contributed by atoms with Crippen LogP contribution in [0.5, 0.6) is 5.75 Å². The number of imidazole rings is 1. The minimum Gasteiger partial charge on any atom is -0.410 e. The maximum atomic E-state index is 12.5. The van der Waals surface area contributed by atoms with Crippen LogP contribution in [0.25, 0.3) is 11.2 Å². The van der Waals surface area contributed by atoms with Crippen LogP contribution in [-0.2, 0) is 9.53 Å². The van der Waals surface area contributed by atoms with Crippen molar-refractivity contribution >= 4 is 29.0 Å². The lowest BCUT2D eigenvalue weighted by Gasteiger charge is -2.30. The zero-order valence-corrected chi connectivity index (χ0v) is 23.1. The van der Waals surface area contributed by atoms with Crippen LogP contribution in [-0.4, -0.2) is 84.1 Å². The molecule has 3 aliphatic rings. The van der Waals surface area contributed by atoms with Crippen molar-refractivity contribution in [3.05, 3.63) is 42.0 Å². The maximum absolute atomic E-state index is 12.5. The Hall–Kier alpha value is -4.25. The van der Waals surface area contributed by atoms with Crippen molar-refractivity contribution in [2.75, 3.05) is 18.8 Å². The van der Waals surface area contributed by atoms with E-state index in [1.807, 2.05) is 19.1 Å². The SMILES string of the molecule is Cc1ccc(OC(=O)N2CCC(CC#Cc3nc(N)c4ncn([C@@H]5O[C@H](C(=O)NC6CC6)C(O)C5O)c4n3)CC2)cc1. The van der Waals surface area contributed by atoms with E-state index in [9.17, 15) is 19.8 Å². The number of likely N-dealkylation sites (tertiary alicyclic amines) is 1. The van der Waals surface area contributed by atoms with Gasteiger partial charge in [-0.3, -0.25) is 9.36 Å². The normalized spacial score (nSPS) is 24.3. The van der Waals surface area contributed by atoms with Gasteiger partial charge < -0.3 is 35.6 Å². The van der Waals surface area contributed by atoms with E-state index in [1.165, 1.54) is 10.9 Å². The number of nitrogens with two attached hydrogens (primary N) is 1. The number of piperidine rings is 1. The number of rotatable bonds is 5. The van der Waals surface area contributed by atoms with Crippen LogP contribution in [0.15, 0.2) is 30.6 Å².